The van der Waals surface area contributed by atoms with E-state index in [1.54, 1.807) is 0 Å². The third-order valence-electron chi connectivity index (χ3n) is 3.79. The van der Waals surface area contributed by atoms with Gasteiger partial charge in [0.2, 0.25) is 0 Å². The van der Waals surface area contributed by atoms with Gasteiger partial charge in [-0.05, 0) is 5.92 Å². The summed E-state index contributed by atoms with van der Waals surface area (Å²) < 4.78 is 0. The van der Waals surface area contributed by atoms with E-state index in [4.69, 9.17) is 0 Å². The molecule has 0 nitrogen and oxygen atoms in total. The summed E-state index contributed by atoms with van der Waals surface area (Å²) in [6.07, 6.45) is 18.3. The van der Waals surface area contributed by atoms with Crippen LogP contribution in [0.15, 0.2) is 0 Å². The molecular weight excluding hydrogens is 204 g/mol. The summed E-state index contributed by atoms with van der Waals surface area (Å²) in [5.74, 6) is 1.01. The van der Waals surface area contributed by atoms with E-state index in [0.29, 0.717) is 0 Å². The van der Waals surface area contributed by atoms with Crippen LogP contribution in [0.5, 0.6) is 0 Å². The Morgan fingerprint density at radius 2 is 1.12 bits per heavy atom. The highest BCUT2D eigenvalue weighted by Crippen LogP contribution is 2.23. The molecule has 0 spiro atoms. The normalized spacial score (nSPS) is 11.3. The summed E-state index contributed by atoms with van der Waals surface area (Å²) in [5.41, 5.74) is 0. The second-order valence-corrected chi connectivity index (χ2v) is 5.56. The van der Waals surface area contributed by atoms with Crippen LogP contribution in [0.25, 0.3) is 0 Å². The van der Waals surface area contributed by atoms with Gasteiger partial charge in [0.25, 0.3) is 0 Å². The fraction of sp³-hybridized carbons (Fsp3) is 0.941. The molecule has 0 saturated heterocycles. The second-order valence-electron chi connectivity index (χ2n) is 5.56. The minimum absolute atomic E-state index is 1.01. The van der Waals surface area contributed by atoms with Gasteiger partial charge in [0.1, 0.15) is 0 Å². The average Bonchev–Trinajstić information content (AvgIpc) is 2.35. The zero-order valence-corrected chi connectivity index (χ0v) is 12.5. The maximum absolute atomic E-state index is 3.98. The van der Waals surface area contributed by atoms with E-state index in [2.05, 4.69) is 20.8 Å². The van der Waals surface area contributed by atoms with Crippen molar-refractivity contribution in [3.05, 3.63) is 6.92 Å². The highest BCUT2D eigenvalue weighted by atomic mass is 14.1. The van der Waals surface area contributed by atoms with Crippen LogP contribution < -0.4 is 0 Å². The Balaban J connectivity index is 3.56. The molecule has 0 aromatic carbocycles. The largest absolute Gasteiger partial charge is 0.0654 e. The molecule has 0 N–H and O–H groups in total. The summed E-state index contributed by atoms with van der Waals surface area (Å²) in [4.78, 5) is 0. The smallest absolute Gasteiger partial charge is 0.0414 e. The van der Waals surface area contributed by atoms with Crippen LogP contribution in [0.4, 0.5) is 0 Å². The molecule has 0 heterocycles. The molecule has 0 unspecified atom stereocenters. The van der Waals surface area contributed by atoms with Crippen molar-refractivity contribution in [1.29, 1.82) is 0 Å². The Hall–Kier alpha value is 0. The third kappa shape index (κ3) is 12.2. The molecule has 0 rings (SSSR count). The van der Waals surface area contributed by atoms with E-state index < -0.39 is 0 Å². The molecule has 0 atom stereocenters. The van der Waals surface area contributed by atoms with Crippen LogP contribution in [0.1, 0.15) is 97.3 Å². The molecule has 0 fully saturated rings. The van der Waals surface area contributed by atoms with Gasteiger partial charge in [-0.3, -0.25) is 0 Å². The molecular formula is C17H35. The molecule has 103 valence electrons. The molecule has 0 aromatic heterocycles. The third-order valence-corrected chi connectivity index (χ3v) is 3.79. The van der Waals surface area contributed by atoms with E-state index in [0.717, 1.165) is 12.3 Å². The number of rotatable bonds is 13. The van der Waals surface area contributed by atoms with Crippen LogP contribution in [-0.4, -0.2) is 0 Å². The first-order valence-corrected chi connectivity index (χ1v) is 8.14. The van der Waals surface area contributed by atoms with Crippen molar-refractivity contribution in [1.82, 2.24) is 0 Å². The van der Waals surface area contributed by atoms with Crippen molar-refractivity contribution >= 4 is 0 Å². The van der Waals surface area contributed by atoms with Crippen LogP contribution >= 0.6 is 0 Å². The van der Waals surface area contributed by atoms with E-state index in [1.807, 2.05) is 0 Å². The Morgan fingerprint density at radius 1 is 0.647 bits per heavy atom. The summed E-state index contributed by atoms with van der Waals surface area (Å²) in [5, 5.41) is 0. The Morgan fingerprint density at radius 3 is 1.53 bits per heavy atom. The zero-order chi connectivity index (χ0) is 12.8. The van der Waals surface area contributed by atoms with Gasteiger partial charge in [-0.25, -0.2) is 0 Å². The molecule has 0 amide bonds. The van der Waals surface area contributed by atoms with Crippen molar-refractivity contribution in [3.8, 4) is 0 Å². The van der Waals surface area contributed by atoms with Crippen molar-refractivity contribution < 1.29 is 0 Å². The lowest BCUT2D eigenvalue weighted by molar-refractivity contribution is 0.375. The van der Waals surface area contributed by atoms with Gasteiger partial charge in [0.15, 0.2) is 0 Å². The van der Waals surface area contributed by atoms with Gasteiger partial charge in [0, 0.05) is 0 Å². The molecule has 0 aliphatic carbocycles. The monoisotopic (exact) mass is 239 g/mol. The standard InChI is InChI=1S/C17H35/c1-4-7-10-12-15-17(14-9-6-3)16-13-11-8-5-2/h17H,3-16H2,1-2H3. The lowest BCUT2D eigenvalue weighted by atomic mass is 9.90. The molecule has 17 heavy (non-hydrogen) atoms. The molecule has 0 aliphatic rings. The van der Waals surface area contributed by atoms with E-state index >= 15 is 0 Å². The minimum Gasteiger partial charge on any atom is -0.0654 e. The predicted octanol–water partition coefficient (Wildman–Crippen LogP) is 6.55. The lowest BCUT2D eigenvalue weighted by Crippen LogP contribution is -2.01. The van der Waals surface area contributed by atoms with E-state index in [9.17, 15) is 0 Å². The second kappa shape index (κ2) is 14.1. The molecule has 1 radical (unpaired) electrons. The first kappa shape index (κ1) is 17.0. The van der Waals surface area contributed by atoms with Gasteiger partial charge in [-0.2, -0.15) is 0 Å². The fourth-order valence-corrected chi connectivity index (χ4v) is 2.59. The van der Waals surface area contributed by atoms with E-state index in [-0.39, 0.29) is 0 Å². The van der Waals surface area contributed by atoms with Crippen LogP contribution in [0.2, 0.25) is 0 Å². The molecule has 0 aromatic rings. The van der Waals surface area contributed by atoms with Gasteiger partial charge < -0.3 is 0 Å². The number of hydrogen-bond donors (Lipinski definition) is 0. The van der Waals surface area contributed by atoms with Crippen molar-refractivity contribution in [3.63, 3.8) is 0 Å². The van der Waals surface area contributed by atoms with E-state index in [1.165, 1.54) is 77.0 Å². The molecule has 0 aliphatic heterocycles. The van der Waals surface area contributed by atoms with Gasteiger partial charge in [-0.15, -0.1) is 0 Å². The predicted molar refractivity (Wildman–Crippen MR) is 80.2 cm³/mol. The topological polar surface area (TPSA) is 0 Å². The van der Waals surface area contributed by atoms with Gasteiger partial charge in [-0.1, -0.05) is 104 Å². The average molecular weight is 239 g/mol. The van der Waals surface area contributed by atoms with Gasteiger partial charge >= 0.3 is 0 Å². The quantitative estimate of drug-likeness (QED) is 0.320. The summed E-state index contributed by atoms with van der Waals surface area (Å²) >= 11 is 0. The maximum atomic E-state index is 3.98. The number of unbranched alkanes of at least 4 members (excludes halogenated alkanes) is 7. The van der Waals surface area contributed by atoms with Crippen LogP contribution in [-0.2, 0) is 0 Å². The molecule has 0 heteroatoms. The highest BCUT2D eigenvalue weighted by Gasteiger charge is 2.07. The van der Waals surface area contributed by atoms with Crippen LogP contribution in [0.3, 0.4) is 0 Å². The summed E-state index contributed by atoms with van der Waals surface area (Å²) in [6.45, 7) is 8.57. The first-order chi connectivity index (χ1) is 8.35. The fourth-order valence-electron chi connectivity index (χ4n) is 2.59. The SMILES string of the molecule is [CH2]CCCC(CCCCCC)CCCCCC. The Kier molecular flexibility index (Phi) is 14.1. The summed E-state index contributed by atoms with van der Waals surface area (Å²) in [7, 11) is 0. The Bertz CT molecular complexity index is 116. The van der Waals surface area contributed by atoms with Crippen molar-refractivity contribution in [2.24, 2.45) is 5.92 Å². The minimum atomic E-state index is 1.01. The van der Waals surface area contributed by atoms with Crippen LogP contribution in [0, 0.1) is 12.8 Å². The Labute approximate surface area is 111 Å². The lowest BCUT2D eigenvalue weighted by Gasteiger charge is -2.16. The number of hydrogen-bond acceptors (Lipinski definition) is 0. The molecule has 0 bridgehead atoms. The highest BCUT2D eigenvalue weighted by molar-refractivity contribution is 4.61. The first-order valence-electron chi connectivity index (χ1n) is 8.14. The van der Waals surface area contributed by atoms with Crippen molar-refractivity contribution in [2.75, 3.05) is 0 Å². The summed E-state index contributed by atoms with van der Waals surface area (Å²) in [6, 6.07) is 0. The molecule has 0 saturated carbocycles. The maximum Gasteiger partial charge on any atom is -0.0414 e. The van der Waals surface area contributed by atoms with Gasteiger partial charge in [0.05, 0.1) is 0 Å². The van der Waals surface area contributed by atoms with Crippen molar-refractivity contribution in [2.45, 2.75) is 97.3 Å². The zero-order valence-electron chi connectivity index (χ0n) is 12.5.